The fraction of sp³-hybridized carbons (Fsp3) is 0.316. The summed E-state index contributed by atoms with van der Waals surface area (Å²) in [5.74, 6) is 0.662. The van der Waals surface area contributed by atoms with Crippen molar-refractivity contribution in [1.82, 2.24) is 4.31 Å². The molecular weight excluding hydrogens is 352 g/mol. The molecule has 138 valence electrons. The minimum Gasteiger partial charge on any atom is -0.497 e. The van der Waals surface area contributed by atoms with E-state index in [-0.39, 0.29) is 10.7 Å². The first kappa shape index (κ1) is 18.4. The molecule has 0 aliphatic carbocycles. The normalized spacial score (nSPS) is 15.7. The highest BCUT2D eigenvalue weighted by molar-refractivity contribution is 7.89. The second-order valence-electron chi connectivity index (χ2n) is 6.17. The van der Waals surface area contributed by atoms with E-state index in [1.807, 2.05) is 12.1 Å². The van der Waals surface area contributed by atoms with Crippen LogP contribution in [0.25, 0.3) is 0 Å². The van der Waals surface area contributed by atoms with Gasteiger partial charge in [-0.1, -0.05) is 0 Å². The van der Waals surface area contributed by atoms with E-state index < -0.39 is 10.0 Å². The largest absolute Gasteiger partial charge is 0.497 e. The molecule has 1 aliphatic heterocycles. The first-order valence-electron chi connectivity index (χ1n) is 8.42. The van der Waals surface area contributed by atoms with Crippen molar-refractivity contribution in [2.45, 2.75) is 11.8 Å². The van der Waals surface area contributed by atoms with Crippen LogP contribution in [0.3, 0.4) is 0 Å². The van der Waals surface area contributed by atoms with Crippen LogP contribution >= 0.6 is 0 Å². The predicted molar refractivity (Wildman–Crippen MR) is 100 cm³/mol. The third kappa shape index (κ3) is 3.73. The number of hydrogen-bond donors (Lipinski definition) is 0. The van der Waals surface area contributed by atoms with E-state index in [0.717, 1.165) is 5.69 Å². The number of benzene rings is 2. The third-order valence-electron chi connectivity index (χ3n) is 4.57. The maximum absolute atomic E-state index is 12.8. The molecule has 1 heterocycles. The van der Waals surface area contributed by atoms with Gasteiger partial charge in [-0.2, -0.15) is 4.31 Å². The summed E-state index contributed by atoms with van der Waals surface area (Å²) < 4.78 is 32.1. The van der Waals surface area contributed by atoms with Crippen molar-refractivity contribution in [1.29, 1.82) is 0 Å². The fourth-order valence-electron chi connectivity index (χ4n) is 2.99. The summed E-state index contributed by atoms with van der Waals surface area (Å²) in [7, 11) is -1.96. The van der Waals surface area contributed by atoms with Crippen molar-refractivity contribution in [2.75, 3.05) is 38.2 Å². The first-order valence-corrected chi connectivity index (χ1v) is 9.86. The molecule has 0 spiro atoms. The van der Waals surface area contributed by atoms with Crippen molar-refractivity contribution < 1.29 is 17.9 Å². The number of Topliss-reactive ketones (excluding diaryl/α,β-unsaturated/α-hetero) is 1. The number of ether oxygens (including phenoxy) is 1. The van der Waals surface area contributed by atoms with Crippen LogP contribution in [-0.4, -0.2) is 51.8 Å². The molecule has 0 unspecified atom stereocenters. The van der Waals surface area contributed by atoms with E-state index in [2.05, 4.69) is 4.90 Å². The molecule has 3 rings (SSSR count). The van der Waals surface area contributed by atoms with E-state index in [9.17, 15) is 13.2 Å². The minimum absolute atomic E-state index is 0.0342. The number of hydrogen-bond acceptors (Lipinski definition) is 5. The summed E-state index contributed by atoms with van der Waals surface area (Å²) in [5, 5.41) is 0. The second-order valence-corrected chi connectivity index (χ2v) is 8.11. The average Bonchev–Trinajstić information content (AvgIpc) is 2.68. The Bertz CT molecular complexity index is 869. The summed E-state index contributed by atoms with van der Waals surface area (Å²) in [6.07, 6.45) is 0. The van der Waals surface area contributed by atoms with E-state index in [4.69, 9.17) is 4.74 Å². The average molecular weight is 374 g/mol. The van der Waals surface area contributed by atoms with Gasteiger partial charge in [0.15, 0.2) is 5.78 Å². The molecule has 0 bridgehead atoms. The van der Waals surface area contributed by atoms with Crippen LogP contribution in [0.5, 0.6) is 5.75 Å². The number of carbonyl (C=O) groups excluding carboxylic acids is 1. The molecule has 1 fully saturated rings. The van der Waals surface area contributed by atoms with Crippen LogP contribution in [0.1, 0.15) is 17.3 Å². The molecule has 0 saturated carbocycles. The maximum Gasteiger partial charge on any atom is 0.243 e. The van der Waals surface area contributed by atoms with Crippen LogP contribution < -0.4 is 9.64 Å². The molecule has 0 aromatic heterocycles. The highest BCUT2D eigenvalue weighted by Gasteiger charge is 2.28. The van der Waals surface area contributed by atoms with Crippen LogP contribution in [0.4, 0.5) is 5.69 Å². The SMILES string of the molecule is COc1ccc(S(=O)(=O)N2CCN(c3ccc(C(C)=O)cc3)CC2)cc1. The Morgan fingerprint density at radius 3 is 2.00 bits per heavy atom. The van der Waals surface area contributed by atoms with Gasteiger partial charge in [-0.05, 0) is 55.5 Å². The highest BCUT2D eigenvalue weighted by atomic mass is 32.2. The van der Waals surface area contributed by atoms with E-state index in [0.29, 0.717) is 37.5 Å². The van der Waals surface area contributed by atoms with Crippen molar-refractivity contribution in [2.24, 2.45) is 0 Å². The highest BCUT2D eigenvalue weighted by Crippen LogP contribution is 2.23. The molecule has 26 heavy (non-hydrogen) atoms. The molecule has 0 radical (unpaired) electrons. The summed E-state index contributed by atoms with van der Waals surface area (Å²) >= 11 is 0. The number of piperazine rings is 1. The lowest BCUT2D eigenvalue weighted by atomic mass is 10.1. The Balaban J connectivity index is 1.68. The van der Waals surface area contributed by atoms with Gasteiger partial charge in [0.05, 0.1) is 12.0 Å². The van der Waals surface area contributed by atoms with E-state index in [1.165, 1.54) is 11.2 Å². The van der Waals surface area contributed by atoms with E-state index in [1.54, 1.807) is 43.5 Å². The molecular formula is C19H22N2O4S. The number of nitrogens with zero attached hydrogens (tertiary/aromatic N) is 2. The Morgan fingerprint density at radius 2 is 1.50 bits per heavy atom. The van der Waals surface area contributed by atoms with Crippen molar-refractivity contribution >= 4 is 21.5 Å². The Hall–Kier alpha value is -2.38. The summed E-state index contributed by atoms with van der Waals surface area (Å²) in [5.41, 5.74) is 1.67. The van der Waals surface area contributed by atoms with Crippen molar-refractivity contribution in [3.63, 3.8) is 0 Å². The van der Waals surface area contributed by atoms with Crippen LogP contribution in [0.15, 0.2) is 53.4 Å². The van der Waals surface area contributed by atoms with Gasteiger partial charge in [-0.25, -0.2) is 8.42 Å². The molecule has 2 aromatic carbocycles. The molecule has 0 N–H and O–H groups in total. The number of carbonyl (C=O) groups is 1. The fourth-order valence-corrected chi connectivity index (χ4v) is 4.41. The Kier molecular flexibility index (Phi) is 5.29. The maximum atomic E-state index is 12.8. The van der Waals surface area contributed by atoms with Gasteiger partial charge < -0.3 is 9.64 Å². The van der Waals surface area contributed by atoms with Gasteiger partial charge in [0.1, 0.15) is 5.75 Å². The second kappa shape index (κ2) is 7.47. The summed E-state index contributed by atoms with van der Waals surface area (Å²) in [6, 6.07) is 13.9. The number of methoxy groups -OCH3 is 1. The third-order valence-corrected chi connectivity index (χ3v) is 6.49. The smallest absolute Gasteiger partial charge is 0.243 e. The molecule has 0 atom stereocenters. The van der Waals surface area contributed by atoms with Crippen LogP contribution in [-0.2, 0) is 10.0 Å². The zero-order valence-electron chi connectivity index (χ0n) is 14.9. The number of sulfonamides is 1. The lowest BCUT2D eigenvalue weighted by molar-refractivity contribution is 0.101. The Labute approximate surface area is 154 Å². The summed E-state index contributed by atoms with van der Waals surface area (Å²) in [6.45, 7) is 3.59. The molecule has 0 amide bonds. The molecule has 7 heteroatoms. The topological polar surface area (TPSA) is 66.9 Å². The first-order chi connectivity index (χ1) is 12.4. The van der Waals surface area contributed by atoms with Gasteiger partial charge in [0.25, 0.3) is 0 Å². The molecule has 1 aliphatic rings. The molecule has 1 saturated heterocycles. The minimum atomic E-state index is -3.50. The molecule has 6 nitrogen and oxygen atoms in total. The predicted octanol–water partition coefficient (Wildman–Crippen LogP) is 2.41. The van der Waals surface area contributed by atoms with Crippen LogP contribution in [0.2, 0.25) is 0 Å². The lowest BCUT2D eigenvalue weighted by Gasteiger charge is -2.35. The summed E-state index contributed by atoms with van der Waals surface area (Å²) in [4.78, 5) is 13.8. The van der Waals surface area contributed by atoms with Crippen molar-refractivity contribution in [3.05, 3.63) is 54.1 Å². The van der Waals surface area contributed by atoms with Gasteiger partial charge in [-0.15, -0.1) is 0 Å². The molecule has 2 aromatic rings. The van der Waals surface area contributed by atoms with Gasteiger partial charge in [-0.3, -0.25) is 4.79 Å². The Morgan fingerprint density at radius 1 is 0.923 bits per heavy atom. The van der Waals surface area contributed by atoms with Gasteiger partial charge in [0, 0.05) is 37.4 Å². The monoisotopic (exact) mass is 374 g/mol. The van der Waals surface area contributed by atoms with Crippen molar-refractivity contribution in [3.8, 4) is 5.75 Å². The lowest BCUT2D eigenvalue weighted by Crippen LogP contribution is -2.48. The number of ketones is 1. The van der Waals surface area contributed by atoms with E-state index >= 15 is 0 Å². The zero-order valence-corrected chi connectivity index (χ0v) is 15.7. The van der Waals surface area contributed by atoms with Gasteiger partial charge in [0.2, 0.25) is 10.0 Å². The standard InChI is InChI=1S/C19H22N2O4S/c1-15(22)16-3-5-17(6-4-16)20-11-13-21(14-12-20)26(23,24)19-9-7-18(25-2)8-10-19/h3-10H,11-14H2,1-2H3. The quantitative estimate of drug-likeness (QED) is 0.752. The number of anilines is 1. The van der Waals surface area contributed by atoms with Gasteiger partial charge >= 0.3 is 0 Å². The zero-order chi connectivity index (χ0) is 18.7. The number of rotatable bonds is 5. The van der Waals surface area contributed by atoms with Crippen LogP contribution in [0, 0.1) is 0 Å².